The molecular weight excluding hydrogens is 352 g/mol. The van der Waals surface area contributed by atoms with Crippen molar-refractivity contribution in [1.82, 2.24) is 14.1 Å². The Morgan fingerprint density at radius 1 is 1.04 bits per heavy atom. The Kier molecular flexibility index (Phi) is 3.77. The largest absolute Gasteiger partial charge is 0.328 e. The molecule has 7 heteroatoms. The molecule has 0 saturated carbocycles. The van der Waals surface area contributed by atoms with Crippen LogP contribution in [-0.4, -0.2) is 20.0 Å². The van der Waals surface area contributed by atoms with Gasteiger partial charge in [0.15, 0.2) is 0 Å². The predicted molar refractivity (Wildman–Crippen MR) is 103 cm³/mol. The van der Waals surface area contributed by atoms with Crippen LogP contribution in [0, 0.1) is 0 Å². The van der Waals surface area contributed by atoms with Gasteiger partial charge in [-0.3, -0.25) is 13.9 Å². The number of halogens is 1. The van der Waals surface area contributed by atoms with Gasteiger partial charge in [0.05, 0.1) is 11.0 Å². The first-order chi connectivity index (χ1) is 12.5. The van der Waals surface area contributed by atoms with Gasteiger partial charge >= 0.3 is 5.69 Å². The maximum Gasteiger partial charge on any atom is 0.328 e. The molecule has 0 saturated heterocycles. The van der Waals surface area contributed by atoms with Gasteiger partial charge in [0.1, 0.15) is 10.8 Å². The maximum atomic E-state index is 12.6. The number of rotatable bonds is 2. The van der Waals surface area contributed by atoms with Crippen molar-refractivity contribution < 1.29 is 4.79 Å². The molecule has 0 atom stereocenters. The summed E-state index contributed by atoms with van der Waals surface area (Å²) in [6.45, 7) is 0. The van der Waals surface area contributed by atoms with Gasteiger partial charge in [-0.2, -0.15) is 0 Å². The first-order valence-electron chi connectivity index (χ1n) is 7.98. The molecule has 2 aromatic heterocycles. The summed E-state index contributed by atoms with van der Waals surface area (Å²) in [5.74, 6) is -0.363. The summed E-state index contributed by atoms with van der Waals surface area (Å²) in [6.07, 6.45) is 0. The fourth-order valence-corrected chi connectivity index (χ4v) is 3.32. The number of aryl methyl sites for hydroxylation is 2. The van der Waals surface area contributed by atoms with Crippen molar-refractivity contribution >= 4 is 45.0 Å². The van der Waals surface area contributed by atoms with Crippen molar-refractivity contribution in [2.45, 2.75) is 0 Å². The molecule has 2 heterocycles. The molecule has 0 spiro atoms. The number of carbonyl (C=O) groups excluding carboxylic acids is 1. The number of hydrogen-bond donors (Lipinski definition) is 1. The van der Waals surface area contributed by atoms with E-state index in [1.807, 2.05) is 24.3 Å². The van der Waals surface area contributed by atoms with Crippen molar-refractivity contribution in [1.29, 1.82) is 0 Å². The molecular formula is C19H15ClN4O2. The minimum Gasteiger partial charge on any atom is -0.321 e. The molecule has 0 aliphatic rings. The number of anilines is 1. The molecule has 0 unspecified atom stereocenters. The van der Waals surface area contributed by atoms with Crippen LogP contribution in [0.4, 0.5) is 5.69 Å². The van der Waals surface area contributed by atoms with Crippen LogP contribution in [0.3, 0.4) is 0 Å². The van der Waals surface area contributed by atoms with Gasteiger partial charge in [0, 0.05) is 25.2 Å². The zero-order chi connectivity index (χ0) is 18.4. The minimum absolute atomic E-state index is 0.119. The Morgan fingerprint density at radius 3 is 2.58 bits per heavy atom. The van der Waals surface area contributed by atoms with E-state index in [-0.39, 0.29) is 22.4 Å². The van der Waals surface area contributed by atoms with E-state index < -0.39 is 0 Å². The highest BCUT2D eigenvalue weighted by atomic mass is 35.5. The summed E-state index contributed by atoms with van der Waals surface area (Å²) in [5, 5.41) is 4.74. The lowest BCUT2D eigenvalue weighted by atomic mass is 10.1. The number of benzene rings is 2. The van der Waals surface area contributed by atoms with Crippen molar-refractivity contribution in [3.05, 3.63) is 69.9 Å². The van der Waals surface area contributed by atoms with Crippen LogP contribution < -0.4 is 11.0 Å². The molecule has 1 N–H and O–H groups in total. The quantitative estimate of drug-likeness (QED) is 0.553. The Balaban J connectivity index is 1.71. The van der Waals surface area contributed by atoms with Gasteiger partial charge in [0.25, 0.3) is 5.91 Å². The van der Waals surface area contributed by atoms with Crippen molar-refractivity contribution in [2.75, 3.05) is 5.32 Å². The number of amides is 1. The number of carbonyl (C=O) groups is 1. The molecule has 26 heavy (non-hydrogen) atoms. The van der Waals surface area contributed by atoms with Gasteiger partial charge in [0.2, 0.25) is 0 Å². The average Bonchev–Trinajstić information content (AvgIpc) is 2.86. The van der Waals surface area contributed by atoms with Crippen molar-refractivity contribution in [3.8, 4) is 0 Å². The molecule has 6 nitrogen and oxygen atoms in total. The summed E-state index contributed by atoms with van der Waals surface area (Å²) < 4.78 is 3.10. The Bertz CT molecular complexity index is 1240. The number of imidazole rings is 1. The third-order valence-electron chi connectivity index (χ3n) is 4.46. The lowest BCUT2D eigenvalue weighted by Gasteiger charge is -2.07. The number of fused-ring (bicyclic) bond motifs is 2. The van der Waals surface area contributed by atoms with Crippen molar-refractivity contribution in [3.63, 3.8) is 0 Å². The van der Waals surface area contributed by atoms with E-state index in [0.29, 0.717) is 5.69 Å². The number of nitrogens with one attached hydrogen (secondary N) is 1. The molecule has 4 aromatic rings. The van der Waals surface area contributed by atoms with Crippen molar-refractivity contribution in [2.24, 2.45) is 14.1 Å². The molecule has 1 amide bonds. The second-order valence-corrected chi connectivity index (χ2v) is 6.44. The Hall–Kier alpha value is -3.12. The monoisotopic (exact) mass is 366 g/mol. The molecule has 0 aliphatic carbocycles. The zero-order valence-corrected chi connectivity index (χ0v) is 14.9. The fraction of sp³-hybridized carbons (Fsp3) is 0.105. The zero-order valence-electron chi connectivity index (χ0n) is 14.2. The molecule has 0 radical (unpaired) electrons. The predicted octanol–water partition coefficient (Wildman–Crippen LogP) is 3.33. The van der Waals surface area contributed by atoms with Gasteiger partial charge in [-0.15, -0.1) is 0 Å². The number of hydrogen-bond acceptors (Lipinski definition) is 3. The van der Waals surface area contributed by atoms with E-state index in [0.717, 1.165) is 21.8 Å². The summed E-state index contributed by atoms with van der Waals surface area (Å²) >= 11 is 6.20. The standard InChI is InChI=1S/C19H15ClN4O2/c1-23-15-8-7-12(10-16(15)24(2)19(23)26)21-18(25)14-9-11-5-3-4-6-13(11)17(20)22-14/h3-10H,1-2H3,(H,21,25). The third kappa shape index (κ3) is 2.55. The molecule has 2 aromatic carbocycles. The molecule has 0 fully saturated rings. The van der Waals surface area contributed by atoms with E-state index in [4.69, 9.17) is 11.6 Å². The van der Waals surface area contributed by atoms with E-state index in [1.54, 1.807) is 42.9 Å². The Morgan fingerprint density at radius 2 is 1.77 bits per heavy atom. The average molecular weight is 367 g/mol. The summed E-state index contributed by atoms with van der Waals surface area (Å²) in [4.78, 5) is 28.8. The maximum absolute atomic E-state index is 12.6. The van der Waals surface area contributed by atoms with Crippen LogP contribution >= 0.6 is 11.6 Å². The van der Waals surface area contributed by atoms with Crippen LogP contribution in [0.1, 0.15) is 10.5 Å². The number of aromatic nitrogens is 3. The van der Waals surface area contributed by atoms with E-state index in [9.17, 15) is 9.59 Å². The van der Waals surface area contributed by atoms with Crippen LogP contribution in [0.15, 0.2) is 53.3 Å². The van der Waals surface area contributed by atoms with Gasteiger partial charge in [-0.1, -0.05) is 35.9 Å². The SMILES string of the molecule is Cn1c(=O)n(C)c2cc(NC(=O)c3cc4ccccc4c(Cl)n3)ccc21. The Labute approximate surface area is 153 Å². The molecule has 130 valence electrons. The van der Waals surface area contributed by atoms with E-state index >= 15 is 0 Å². The third-order valence-corrected chi connectivity index (χ3v) is 4.74. The first-order valence-corrected chi connectivity index (χ1v) is 8.35. The van der Waals surface area contributed by atoms with Crippen LogP contribution in [0.5, 0.6) is 0 Å². The smallest absolute Gasteiger partial charge is 0.321 e. The fourth-order valence-electron chi connectivity index (χ4n) is 3.05. The van der Waals surface area contributed by atoms with Gasteiger partial charge in [-0.25, -0.2) is 9.78 Å². The van der Waals surface area contributed by atoms with E-state index in [1.165, 1.54) is 4.57 Å². The molecule has 0 aliphatic heterocycles. The topological polar surface area (TPSA) is 68.9 Å². The number of pyridine rings is 1. The second kappa shape index (κ2) is 6.00. The first kappa shape index (κ1) is 16.4. The van der Waals surface area contributed by atoms with E-state index in [2.05, 4.69) is 10.3 Å². The highest BCUT2D eigenvalue weighted by Crippen LogP contribution is 2.23. The molecule has 0 bridgehead atoms. The van der Waals surface area contributed by atoms with Crippen LogP contribution in [0.2, 0.25) is 5.15 Å². The second-order valence-electron chi connectivity index (χ2n) is 6.08. The summed E-state index contributed by atoms with van der Waals surface area (Å²) in [6, 6.07) is 14.5. The van der Waals surface area contributed by atoms with Gasteiger partial charge in [-0.05, 0) is 29.7 Å². The van der Waals surface area contributed by atoms with Crippen LogP contribution in [0.25, 0.3) is 21.8 Å². The van der Waals surface area contributed by atoms with Crippen LogP contribution in [-0.2, 0) is 14.1 Å². The minimum atomic E-state index is -0.363. The highest BCUT2D eigenvalue weighted by Gasteiger charge is 2.13. The lowest BCUT2D eigenvalue weighted by molar-refractivity contribution is 0.102. The highest BCUT2D eigenvalue weighted by molar-refractivity contribution is 6.34. The lowest BCUT2D eigenvalue weighted by Crippen LogP contribution is -2.19. The van der Waals surface area contributed by atoms with Gasteiger partial charge < -0.3 is 5.32 Å². The number of nitrogens with zero attached hydrogens (tertiary/aromatic N) is 3. The molecule has 4 rings (SSSR count). The summed E-state index contributed by atoms with van der Waals surface area (Å²) in [7, 11) is 3.41. The normalized spacial score (nSPS) is 11.2. The summed E-state index contributed by atoms with van der Waals surface area (Å²) in [5.41, 5.74) is 2.22.